The molecule has 4 nitrogen and oxygen atoms in total. The number of unbranched alkanes of at least 4 members (excludes halogenated alkanes) is 1. The summed E-state index contributed by atoms with van der Waals surface area (Å²) in [6.45, 7) is 8.95. The van der Waals surface area contributed by atoms with Crippen molar-refractivity contribution in [2.24, 2.45) is 5.73 Å². The van der Waals surface area contributed by atoms with Crippen molar-refractivity contribution in [2.45, 2.75) is 31.7 Å². The highest BCUT2D eigenvalue weighted by molar-refractivity contribution is 4.80. The van der Waals surface area contributed by atoms with E-state index in [2.05, 4.69) is 9.80 Å². The molecule has 0 bridgehead atoms. The molecule has 0 aliphatic carbocycles. The van der Waals surface area contributed by atoms with Crippen LogP contribution >= 0.6 is 0 Å². The summed E-state index contributed by atoms with van der Waals surface area (Å²) < 4.78 is 5.43. The Kier molecular flexibility index (Phi) is 5.71. The zero-order valence-electron chi connectivity index (χ0n) is 10.9. The number of piperazine rings is 1. The largest absolute Gasteiger partial charge is 0.381 e. The molecule has 2 N–H and O–H groups in total. The van der Waals surface area contributed by atoms with Gasteiger partial charge in [0.1, 0.15) is 0 Å². The fraction of sp³-hybridized carbons (Fsp3) is 1.00. The van der Waals surface area contributed by atoms with Crippen LogP contribution in [0.5, 0.6) is 0 Å². The Morgan fingerprint density at radius 1 is 1.00 bits per heavy atom. The standard InChI is InChI=1S/C13H27N3O/c14-5-1-2-6-15-7-9-16(10-8-15)13-3-11-17-12-4-13/h13H,1-12,14H2. The zero-order valence-corrected chi connectivity index (χ0v) is 10.9. The molecule has 0 aromatic carbocycles. The van der Waals surface area contributed by atoms with Gasteiger partial charge in [0.2, 0.25) is 0 Å². The molecule has 2 fully saturated rings. The molecule has 0 atom stereocenters. The van der Waals surface area contributed by atoms with Crippen LogP contribution in [0.4, 0.5) is 0 Å². The normalized spacial score (nSPS) is 25.2. The average molecular weight is 241 g/mol. The quantitative estimate of drug-likeness (QED) is 0.713. The minimum atomic E-state index is 0.787. The lowest BCUT2D eigenvalue weighted by atomic mass is 10.1. The van der Waals surface area contributed by atoms with Crippen LogP contribution in [-0.4, -0.2) is 68.3 Å². The van der Waals surface area contributed by atoms with Crippen molar-refractivity contribution < 1.29 is 4.74 Å². The maximum absolute atomic E-state index is 5.53. The number of hydrogen-bond acceptors (Lipinski definition) is 4. The maximum atomic E-state index is 5.53. The first kappa shape index (κ1) is 13.3. The van der Waals surface area contributed by atoms with Gasteiger partial charge in [-0.1, -0.05) is 0 Å². The predicted molar refractivity (Wildman–Crippen MR) is 70.1 cm³/mol. The summed E-state index contributed by atoms with van der Waals surface area (Å²) in [6.07, 6.45) is 4.88. The topological polar surface area (TPSA) is 41.7 Å². The second kappa shape index (κ2) is 7.31. The molecule has 0 unspecified atom stereocenters. The van der Waals surface area contributed by atoms with Crippen LogP contribution in [0.25, 0.3) is 0 Å². The van der Waals surface area contributed by atoms with E-state index in [9.17, 15) is 0 Å². The smallest absolute Gasteiger partial charge is 0.0480 e. The van der Waals surface area contributed by atoms with Gasteiger partial charge >= 0.3 is 0 Å². The molecular weight excluding hydrogens is 214 g/mol. The van der Waals surface area contributed by atoms with E-state index >= 15 is 0 Å². The van der Waals surface area contributed by atoms with Crippen molar-refractivity contribution >= 4 is 0 Å². The molecule has 2 aliphatic heterocycles. The molecule has 17 heavy (non-hydrogen) atoms. The van der Waals surface area contributed by atoms with Gasteiger partial charge in [0.25, 0.3) is 0 Å². The van der Waals surface area contributed by atoms with Gasteiger partial charge in [-0.3, -0.25) is 4.90 Å². The Labute approximate surface area is 105 Å². The molecule has 0 aromatic heterocycles. The van der Waals surface area contributed by atoms with E-state index in [1.807, 2.05) is 0 Å². The Morgan fingerprint density at radius 3 is 2.35 bits per heavy atom. The second-order valence-electron chi connectivity index (χ2n) is 5.22. The molecule has 2 aliphatic rings. The van der Waals surface area contributed by atoms with E-state index < -0.39 is 0 Å². The molecule has 2 rings (SSSR count). The van der Waals surface area contributed by atoms with Crippen LogP contribution < -0.4 is 5.73 Å². The highest BCUT2D eigenvalue weighted by atomic mass is 16.5. The first-order valence-electron chi connectivity index (χ1n) is 7.14. The summed E-state index contributed by atoms with van der Waals surface area (Å²) in [7, 11) is 0. The van der Waals surface area contributed by atoms with E-state index in [0.29, 0.717) is 0 Å². The minimum absolute atomic E-state index is 0.787. The maximum Gasteiger partial charge on any atom is 0.0480 e. The number of ether oxygens (including phenoxy) is 1. The third-order valence-electron chi connectivity index (χ3n) is 4.04. The fourth-order valence-electron chi connectivity index (χ4n) is 2.88. The van der Waals surface area contributed by atoms with E-state index in [1.54, 1.807) is 0 Å². The van der Waals surface area contributed by atoms with Crippen molar-refractivity contribution in [3.05, 3.63) is 0 Å². The highest BCUT2D eigenvalue weighted by Gasteiger charge is 2.24. The van der Waals surface area contributed by atoms with E-state index in [4.69, 9.17) is 10.5 Å². The van der Waals surface area contributed by atoms with Crippen molar-refractivity contribution in [2.75, 3.05) is 52.5 Å². The summed E-state index contributed by atoms with van der Waals surface area (Å²) in [6, 6.07) is 0.787. The van der Waals surface area contributed by atoms with Crippen molar-refractivity contribution in [3.8, 4) is 0 Å². The van der Waals surface area contributed by atoms with Gasteiger partial charge in [0.15, 0.2) is 0 Å². The highest BCUT2D eigenvalue weighted by Crippen LogP contribution is 2.16. The average Bonchev–Trinajstić information content (AvgIpc) is 2.41. The third-order valence-corrected chi connectivity index (χ3v) is 4.04. The van der Waals surface area contributed by atoms with Crippen LogP contribution in [-0.2, 0) is 4.74 Å². The Morgan fingerprint density at radius 2 is 1.71 bits per heavy atom. The number of rotatable bonds is 5. The van der Waals surface area contributed by atoms with Crippen molar-refractivity contribution in [3.63, 3.8) is 0 Å². The fourth-order valence-corrected chi connectivity index (χ4v) is 2.88. The van der Waals surface area contributed by atoms with Gasteiger partial charge in [-0.2, -0.15) is 0 Å². The molecule has 4 heteroatoms. The summed E-state index contributed by atoms with van der Waals surface area (Å²) in [4.78, 5) is 5.26. The lowest BCUT2D eigenvalue weighted by Crippen LogP contribution is -2.51. The SMILES string of the molecule is NCCCCN1CCN(C2CCOCC2)CC1. The van der Waals surface area contributed by atoms with Gasteiger partial charge in [-0.25, -0.2) is 0 Å². The summed E-state index contributed by atoms with van der Waals surface area (Å²) >= 11 is 0. The lowest BCUT2D eigenvalue weighted by Gasteiger charge is -2.40. The molecule has 0 aromatic rings. The first-order valence-corrected chi connectivity index (χ1v) is 7.14. The molecule has 2 saturated heterocycles. The molecule has 0 radical (unpaired) electrons. The van der Waals surface area contributed by atoms with Gasteiger partial charge in [0, 0.05) is 45.4 Å². The molecule has 0 amide bonds. The Bertz CT molecular complexity index is 199. The summed E-state index contributed by atoms with van der Waals surface area (Å²) in [5, 5.41) is 0. The van der Waals surface area contributed by atoms with Crippen molar-refractivity contribution in [1.29, 1.82) is 0 Å². The van der Waals surface area contributed by atoms with Crippen LogP contribution in [0.3, 0.4) is 0 Å². The molecule has 0 spiro atoms. The number of nitrogens with two attached hydrogens (primary N) is 1. The van der Waals surface area contributed by atoms with E-state index in [-0.39, 0.29) is 0 Å². The number of nitrogens with zero attached hydrogens (tertiary/aromatic N) is 2. The van der Waals surface area contributed by atoms with Gasteiger partial charge < -0.3 is 15.4 Å². The minimum Gasteiger partial charge on any atom is -0.381 e. The van der Waals surface area contributed by atoms with Gasteiger partial charge in [0.05, 0.1) is 0 Å². The van der Waals surface area contributed by atoms with E-state index in [1.165, 1.54) is 58.4 Å². The third kappa shape index (κ3) is 4.21. The van der Waals surface area contributed by atoms with Gasteiger partial charge in [-0.05, 0) is 38.8 Å². The zero-order chi connectivity index (χ0) is 11.9. The Hall–Kier alpha value is -0.160. The van der Waals surface area contributed by atoms with Crippen LogP contribution in [0, 0.1) is 0 Å². The van der Waals surface area contributed by atoms with Crippen LogP contribution in [0.15, 0.2) is 0 Å². The monoisotopic (exact) mass is 241 g/mol. The molecular formula is C13H27N3O. The van der Waals surface area contributed by atoms with Crippen molar-refractivity contribution in [1.82, 2.24) is 9.80 Å². The molecule has 100 valence electrons. The van der Waals surface area contributed by atoms with Crippen LogP contribution in [0.1, 0.15) is 25.7 Å². The first-order chi connectivity index (χ1) is 8.40. The predicted octanol–water partition coefficient (Wildman–Crippen LogP) is 0.522. The van der Waals surface area contributed by atoms with E-state index in [0.717, 1.165) is 25.8 Å². The summed E-state index contributed by atoms with van der Waals surface area (Å²) in [5.74, 6) is 0. The molecule has 0 saturated carbocycles. The second-order valence-corrected chi connectivity index (χ2v) is 5.22. The van der Waals surface area contributed by atoms with Crippen LogP contribution in [0.2, 0.25) is 0 Å². The lowest BCUT2D eigenvalue weighted by molar-refractivity contribution is 0.0136. The summed E-state index contributed by atoms with van der Waals surface area (Å²) in [5.41, 5.74) is 5.53. The molecule has 2 heterocycles. The van der Waals surface area contributed by atoms with Gasteiger partial charge in [-0.15, -0.1) is 0 Å². The Balaban J connectivity index is 1.63. The number of hydrogen-bond donors (Lipinski definition) is 1.